The van der Waals surface area contributed by atoms with E-state index in [1.165, 1.54) is 0 Å². The summed E-state index contributed by atoms with van der Waals surface area (Å²) in [6.45, 7) is 4.37. The van der Waals surface area contributed by atoms with E-state index in [0.29, 0.717) is 13.0 Å². The molecule has 1 unspecified atom stereocenters. The smallest absolute Gasteiger partial charge is 0.323 e. The fourth-order valence-corrected chi connectivity index (χ4v) is 1.66. The third-order valence-electron chi connectivity index (χ3n) is 2.06. The fourth-order valence-electron chi connectivity index (χ4n) is 1.23. The number of aliphatic carboxylic acids is 1. The number of hydrogen-bond donors (Lipinski definition) is 2. The van der Waals surface area contributed by atoms with Crippen LogP contribution in [0.5, 0.6) is 0 Å². The summed E-state index contributed by atoms with van der Waals surface area (Å²) in [5, 5.41) is 12.0. The SMILES string of the molecule is CCNC(C)(CCCSC)C(=O)O. The first-order chi connectivity index (χ1) is 6.06. The van der Waals surface area contributed by atoms with Crippen molar-refractivity contribution in [2.45, 2.75) is 32.2 Å². The van der Waals surface area contributed by atoms with Gasteiger partial charge in [-0.25, -0.2) is 0 Å². The molecule has 0 heterocycles. The molecule has 0 radical (unpaired) electrons. The highest BCUT2D eigenvalue weighted by atomic mass is 32.2. The van der Waals surface area contributed by atoms with E-state index in [9.17, 15) is 4.79 Å². The highest BCUT2D eigenvalue weighted by molar-refractivity contribution is 7.98. The molecule has 3 nitrogen and oxygen atoms in total. The molecule has 0 saturated heterocycles. The van der Waals surface area contributed by atoms with Crippen LogP contribution < -0.4 is 5.32 Å². The third kappa shape index (κ3) is 4.52. The maximum atomic E-state index is 10.9. The zero-order valence-electron chi connectivity index (χ0n) is 8.59. The molecule has 0 aromatic heterocycles. The molecule has 1 atom stereocenters. The molecule has 0 aliphatic heterocycles. The van der Waals surface area contributed by atoms with E-state index in [1.807, 2.05) is 13.2 Å². The Morgan fingerprint density at radius 1 is 1.62 bits per heavy atom. The van der Waals surface area contributed by atoms with Crippen molar-refractivity contribution in [3.05, 3.63) is 0 Å². The Morgan fingerprint density at radius 2 is 2.23 bits per heavy atom. The van der Waals surface area contributed by atoms with Gasteiger partial charge >= 0.3 is 5.97 Å². The van der Waals surface area contributed by atoms with E-state index in [0.717, 1.165) is 12.2 Å². The molecule has 0 rings (SSSR count). The van der Waals surface area contributed by atoms with Gasteiger partial charge in [0.05, 0.1) is 0 Å². The van der Waals surface area contributed by atoms with Crippen LogP contribution in [-0.4, -0.2) is 35.2 Å². The van der Waals surface area contributed by atoms with Gasteiger partial charge in [-0.2, -0.15) is 11.8 Å². The van der Waals surface area contributed by atoms with Crippen LogP contribution >= 0.6 is 11.8 Å². The minimum atomic E-state index is -0.754. The molecule has 0 aliphatic carbocycles. The van der Waals surface area contributed by atoms with Gasteiger partial charge in [-0.3, -0.25) is 4.79 Å². The lowest BCUT2D eigenvalue weighted by Gasteiger charge is -2.25. The van der Waals surface area contributed by atoms with Crippen LogP contribution in [0.2, 0.25) is 0 Å². The molecule has 4 heteroatoms. The number of likely N-dealkylation sites (N-methyl/N-ethyl adjacent to an activating group) is 1. The van der Waals surface area contributed by atoms with Crippen molar-refractivity contribution in [1.29, 1.82) is 0 Å². The highest BCUT2D eigenvalue weighted by Gasteiger charge is 2.30. The number of thioether (sulfide) groups is 1. The second kappa shape index (κ2) is 6.27. The van der Waals surface area contributed by atoms with Gasteiger partial charge < -0.3 is 10.4 Å². The van der Waals surface area contributed by atoms with Crippen molar-refractivity contribution < 1.29 is 9.90 Å². The molecule has 0 fully saturated rings. The Bertz CT molecular complexity index is 164. The van der Waals surface area contributed by atoms with Crippen LogP contribution in [0.15, 0.2) is 0 Å². The molecular formula is C9H19NO2S. The van der Waals surface area contributed by atoms with Gasteiger partial charge in [0.15, 0.2) is 0 Å². The predicted octanol–water partition coefficient (Wildman–Crippen LogP) is 1.58. The van der Waals surface area contributed by atoms with Crippen LogP contribution in [0.25, 0.3) is 0 Å². The first-order valence-electron chi connectivity index (χ1n) is 4.54. The summed E-state index contributed by atoms with van der Waals surface area (Å²) in [6, 6.07) is 0. The quantitative estimate of drug-likeness (QED) is 0.620. The van der Waals surface area contributed by atoms with Crippen LogP contribution in [0.4, 0.5) is 0 Å². The van der Waals surface area contributed by atoms with Crippen LogP contribution in [0.1, 0.15) is 26.7 Å². The molecule has 0 aromatic rings. The first kappa shape index (κ1) is 12.8. The maximum absolute atomic E-state index is 10.9. The maximum Gasteiger partial charge on any atom is 0.323 e. The topological polar surface area (TPSA) is 49.3 Å². The normalized spacial score (nSPS) is 15.3. The van der Waals surface area contributed by atoms with Crippen molar-refractivity contribution >= 4 is 17.7 Å². The van der Waals surface area contributed by atoms with Gasteiger partial charge in [-0.05, 0) is 38.3 Å². The number of carbonyl (C=O) groups is 1. The summed E-state index contributed by atoms with van der Waals surface area (Å²) in [5.41, 5.74) is -0.746. The molecule has 0 saturated carbocycles. The molecule has 0 aliphatic rings. The van der Waals surface area contributed by atoms with E-state index < -0.39 is 11.5 Å². The van der Waals surface area contributed by atoms with Gasteiger partial charge in [-0.1, -0.05) is 6.92 Å². The molecule has 0 spiro atoms. The lowest BCUT2D eigenvalue weighted by Crippen LogP contribution is -2.49. The van der Waals surface area contributed by atoms with Gasteiger partial charge in [-0.15, -0.1) is 0 Å². The Labute approximate surface area is 84.3 Å². The van der Waals surface area contributed by atoms with Gasteiger partial charge in [0.1, 0.15) is 5.54 Å². The van der Waals surface area contributed by atoms with Crippen molar-refractivity contribution in [3.8, 4) is 0 Å². The van der Waals surface area contributed by atoms with E-state index in [2.05, 4.69) is 5.32 Å². The van der Waals surface area contributed by atoms with E-state index in [-0.39, 0.29) is 0 Å². The lowest BCUT2D eigenvalue weighted by atomic mass is 9.96. The number of carboxylic acid groups (broad SMARTS) is 1. The summed E-state index contributed by atoms with van der Waals surface area (Å²) >= 11 is 1.75. The molecule has 0 aromatic carbocycles. The van der Waals surface area contributed by atoms with Crippen LogP contribution in [-0.2, 0) is 4.79 Å². The average molecular weight is 205 g/mol. The van der Waals surface area contributed by atoms with Crippen molar-refractivity contribution in [1.82, 2.24) is 5.32 Å². The summed E-state index contributed by atoms with van der Waals surface area (Å²) in [5.74, 6) is 0.268. The molecule has 0 amide bonds. The second-order valence-corrected chi connectivity index (χ2v) is 4.25. The van der Waals surface area contributed by atoms with Gasteiger partial charge in [0.2, 0.25) is 0 Å². The predicted molar refractivity (Wildman–Crippen MR) is 57.3 cm³/mol. The summed E-state index contributed by atoms with van der Waals surface area (Å²) in [7, 11) is 0. The standard InChI is InChI=1S/C9H19NO2S/c1-4-10-9(2,8(11)12)6-5-7-13-3/h10H,4-7H2,1-3H3,(H,11,12). The zero-order chi connectivity index (χ0) is 10.3. The second-order valence-electron chi connectivity index (χ2n) is 3.26. The van der Waals surface area contributed by atoms with Gasteiger partial charge in [0, 0.05) is 0 Å². The van der Waals surface area contributed by atoms with Crippen molar-refractivity contribution in [2.24, 2.45) is 0 Å². The van der Waals surface area contributed by atoms with Crippen LogP contribution in [0.3, 0.4) is 0 Å². The van der Waals surface area contributed by atoms with Crippen molar-refractivity contribution in [2.75, 3.05) is 18.6 Å². The monoisotopic (exact) mass is 205 g/mol. The number of carboxylic acids is 1. The first-order valence-corrected chi connectivity index (χ1v) is 5.93. The van der Waals surface area contributed by atoms with Gasteiger partial charge in [0.25, 0.3) is 0 Å². The Morgan fingerprint density at radius 3 is 2.62 bits per heavy atom. The van der Waals surface area contributed by atoms with E-state index >= 15 is 0 Å². The largest absolute Gasteiger partial charge is 0.480 e. The minimum absolute atomic E-state index is 0.691. The summed E-state index contributed by atoms with van der Waals surface area (Å²) < 4.78 is 0. The molecular weight excluding hydrogens is 186 g/mol. The molecule has 0 bridgehead atoms. The van der Waals surface area contributed by atoms with Crippen molar-refractivity contribution in [3.63, 3.8) is 0 Å². The molecule has 78 valence electrons. The number of nitrogens with one attached hydrogen (secondary N) is 1. The van der Waals surface area contributed by atoms with Crippen LogP contribution in [0, 0.1) is 0 Å². The van der Waals surface area contributed by atoms with E-state index in [4.69, 9.17) is 5.11 Å². The Balaban J connectivity index is 4.00. The minimum Gasteiger partial charge on any atom is -0.480 e. The third-order valence-corrected chi connectivity index (χ3v) is 2.76. The Hall–Kier alpha value is -0.220. The summed E-state index contributed by atoms with van der Waals surface area (Å²) in [6.07, 6.45) is 3.67. The number of hydrogen-bond acceptors (Lipinski definition) is 3. The average Bonchev–Trinajstić information content (AvgIpc) is 2.05. The fraction of sp³-hybridized carbons (Fsp3) is 0.889. The lowest BCUT2D eigenvalue weighted by molar-refractivity contribution is -0.144. The molecule has 13 heavy (non-hydrogen) atoms. The number of rotatable bonds is 7. The Kier molecular flexibility index (Phi) is 6.16. The highest BCUT2D eigenvalue weighted by Crippen LogP contribution is 2.14. The molecule has 2 N–H and O–H groups in total. The summed E-state index contributed by atoms with van der Waals surface area (Å²) in [4.78, 5) is 10.9. The zero-order valence-corrected chi connectivity index (χ0v) is 9.41. The van der Waals surface area contributed by atoms with E-state index in [1.54, 1.807) is 18.7 Å².